The molecule has 6 nitrogen and oxygen atoms in total. The van der Waals surface area contributed by atoms with E-state index in [0.29, 0.717) is 18.9 Å². The molecule has 0 radical (unpaired) electrons. The van der Waals surface area contributed by atoms with Gasteiger partial charge in [-0.25, -0.2) is 4.99 Å². The number of hydrogen-bond acceptors (Lipinski definition) is 3. The van der Waals surface area contributed by atoms with E-state index in [1.807, 2.05) is 0 Å². The van der Waals surface area contributed by atoms with Gasteiger partial charge in [-0.2, -0.15) is 0 Å². The molecule has 31 heavy (non-hydrogen) atoms. The lowest BCUT2D eigenvalue weighted by molar-refractivity contribution is -0.121. The largest absolute Gasteiger partial charge is 0.359 e. The Balaban J connectivity index is 1.50. The Kier molecular flexibility index (Phi) is 9.19. The van der Waals surface area contributed by atoms with Crippen LogP contribution in [0.25, 0.3) is 0 Å². The maximum atomic E-state index is 11.6. The van der Waals surface area contributed by atoms with Gasteiger partial charge < -0.3 is 15.5 Å². The van der Waals surface area contributed by atoms with Crippen LogP contribution in [0.1, 0.15) is 57.1 Å². The van der Waals surface area contributed by atoms with E-state index >= 15 is 0 Å². The van der Waals surface area contributed by atoms with Crippen LogP contribution in [0.5, 0.6) is 0 Å². The highest BCUT2D eigenvalue weighted by atomic mass is 16.1. The number of carbonyl (C=O) groups is 1. The van der Waals surface area contributed by atoms with Crippen molar-refractivity contribution in [3.63, 3.8) is 0 Å². The molecule has 2 aliphatic rings. The van der Waals surface area contributed by atoms with Gasteiger partial charge in [-0.3, -0.25) is 9.69 Å². The van der Waals surface area contributed by atoms with E-state index in [9.17, 15) is 4.79 Å². The lowest BCUT2D eigenvalue weighted by Gasteiger charge is -2.34. The standard InChI is InChI=1S/C25H41N5O/c1-4-27-25(30-15-11-21(12-16-30)17-24(31)26-3)28-18-22-5-7-23(8-6-22)19-29-13-9-20(2)10-14-29/h5-8,20-21H,4,9-19H2,1-3H3,(H,26,31)(H,27,28). The summed E-state index contributed by atoms with van der Waals surface area (Å²) in [7, 11) is 1.72. The van der Waals surface area contributed by atoms with Crippen LogP contribution >= 0.6 is 0 Å². The Morgan fingerprint density at radius 3 is 2.29 bits per heavy atom. The summed E-state index contributed by atoms with van der Waals surface area (Å²) >= 11 is 0. The number of carbonyl (C=O) groups excluding carboxylic acids is 1. The summed E-state index contributed by atoms with van der Waals surface area (Å²) in [5, 5.41) is 6.19. The summed E-state index contributed by atoms with van der Waals surface area (Å²) in [6.45, 7) is 11.5. The average molecular weight is 428 g/mol. The van der Waals surface area contributed by atoms with E-state index in [1.54, 1.807) is 7.05 Å². The number of likely N-dealkylation sites (tertiary alicyclic amines) is 2. The summed E-state index contributed by atoms with van der Waals surface area (Å²) in [5.74, 6) is 2.50. The van der Waals surface area contributed by atoms with Crippen molar-refractivity contribution < 1.29 is 4.79 Å². The van der Waals surface area contributed by atoms with Gasteiger partial charge >= 0.3 is 0 Å². The molecule has 0 bridgehead atoms. The fraction of sp³-hybridized carbons (Fsp3) is 0.680. The number of piperidine rings is 2. The Morgan fingerprint density at radius 2 is 1.68 bits per heavy atom. The molecule has 172 valence electrons. The van der Waals surface area contributed by atoms with Gasteiger partial charge in [0.05, 0.1) is 6.54 Å². The lowest BCUT2D eigenvalue weighted by Crippen LogP contribution is -2.46. The maximum Gasteiger partial charge on any atom is 0.220 e. The molecule has 2 saturated heterocycles. The molecule has 0 aromatic heterocycles. The molecule has 6 heteroatoms. The molecular formula is C25H41N5O. The van der Waals surface area contributed by atoms with E-state index in [1.165, 1.54) is 37.1 Å². The number of hydrogen-bond donors (Lipinski definition) is 2. The van der Waals surface area contributed by atoms with Crippen molar-refractivity contribution in [1.82, 2.24) is 20.4 Å². The monoisotopic (exact) mass is 427 g/mol. The van der Waals surface area contributed by atoms with E-state index in [0.717, 1.165) is 50.9 Å². The fourth-order valence-corrected chi connectivity index (χ4v) is 4.53. The molecule has 1 aromatic carbocycles. The molecule has 2 heterocycles. The van der Waals surface area contributed by atoms with Crippen LogP contribution in [0, 0.1) is 11.8 Å². The highest BCUT2D eigenvalue weighted by Gasteiger charge is 2.23. The van der Waals surface area contributed by atoms with Crippen LogP contribution in [0.2, 0.25) is 0 Å². The summed E-state index contributed by atoms with van der Waals surface area (Å²) in [6, 6.07) is 8.98. The summed E-state index contributed by atoms with van der Waals surface area (Å²) in [6.07, 6.45) is 5.37. The second-order valence-electron chi connectivity index (χ2n) is 9.25. The number of aliphatic imine (C=N–C) groups is 1. The topological polar surface area (TPSA) is 60.0 Å². The SMILES string of the molecule is CCNC(=NCc1ccc(CN2CCC(C)CC2)cc1)N1CCC(CC(=O)NC)CC1. The maximum absolute atomic E-state index is 11.6. The number of nitrogens with one attached hydrogen (secondary N) is 2. The zero-order valence-corrected chi connectivity index (χ0v) is 19.7. The normalized spacial score (nSPS) is 19.5. The van der Waals surface area contributed by atoms with Crippen molar-refractivity contribution in [2.24, 2.45) is 16.8 Å². The molecule has 0 atom stereocenters. The zero-order valence-electron chi connectivity index (χ0n) is 19.7. The van der Waals surface area contributed by atoms with Gasteiger partial charge in [0.25, 0.3) is 0 Å². The Hall–Kier alpha value is -2.08. The number of guanidine groups is 1. The number of benzene rings is 1. The van der Waals surface area contributed by atoms with Gasteiger partial charge in [-0.05, 0) is 68.7 Å². The van der Waals surface area contributed by atoms with Gasteiger partial charge in [0.15, 0.2) is 5.96 Å². The first-order valence-electron chi connectivity index (χ1n) is 12.1. The Bertz CT molecular complexity index is 701. The van der Waals surface area contributed by atoms with Crippen molar-refractivity contribution in [3.8, 4) is 0 Å². The average Bonchev–Trinajstić information content (AvgIpc) is 2.79. The van der Waals surface area contributed by atoms with E-state index in [2.05, 4.69) is 58.5 Å². The smallest absolute Gasteiger partial charge is 0.220 e. The molecule has 0 unspecified atom stereocenters. The lowest BCUT2D eigenvalue weighted by atomic mass is 9.93. The Morgan fingerprint density at radius 1 is 1.03 bits per heavy atom. The van der Waals surface area contributed by atoms with Gasteiger partial charge in [0.1, 0.15) is 0 Å². The third-order valence-electron chi connectivity index (χ3n) is 6.72. The van der Waals surface area contributed by atoms with Gasteiger partial charge in [0.2, 0.25) is 5.91 Å². The van der Waals surface area contributed by atoms with Gasteiger partial charge in [-0.15, -0.1) is 0 Å². The molecule has 1 amide bonds. The second-order valence-corrected chi connectivity index (χ2v) is 9.25. The van der Waals surface area contributed by atoms with Crippen molar-refractivity contribution in [1.29, 1.82) is 0 Å². The molecule has 2 aliphatic heterocycles. The molecule has 2 N–H and O–H groups in total. The first kappa shape index (κ1) is 23.6. The number of rotatable bonds is 7. The summed E-state index contributed by atoms with van der Waals surface area (Å²) in [5.41, 5.74) is 2.65. The van der Waals surface area contributed by atoms with Crippen molar-refractivity contribution in [2.75, 3.05) is 39.8 Å². The first-order valence-corrected chi connectivity index (χ1v) is 12.1. The van der Waals surface area contributed by atoms with Gasteiger partial charge in [-0.1, -0.05) is 31.2 Å². The molecule has 0 spiro atoms. The van der Waals surface area contributed by atoms with Crippen LogP contribution in [0.4, 0.5) is 0 Å². The highest BCUT2D eigenvalue weighted by molar-refractivity contribution is 5.80. The van der Waals surface area contributed by atoms with Crippen LogP contribution < -0.4 is 10.6 Å². The molecule has 1 aromatic rings. The molecule has 2 fully saturated rings. The predicted molar refractivity (Wildman–Crippen MR) is 128 cm³/mol. The zero-order chi connectivity index (χ0) is 22.1. The van der Waals surface area contributed by atoms with Crippen LogP contribution in [-0.4, -0.2) is 61.4 Å². The molecule has 3 rings (SSSR count). The van der Waals surface area contributed by atoms with E-state index in [-0.39, 0.29) is 5.91 Å². The third-order valence-corrected chi connectivity index (χ3v) is 6.72. The fourth-order valence-electron chi connectivity index (χ4n) is 4.53. The minimum absolute atomic E-state index is 0.150. The first-order chi connectivity index (χ1) is 15.1. The Labute approximate surface area is 188 Å². The van der Waals surface area contributed by atoms with Crippen LogP contribution in [0.3, 0.4) is 0 Å². The van der Waals surface area contributed by atoms with E-state index in [4.69, 9.17) is 4.99 Å². The molecule has 0 saturated carbocycles. The van der Waals surface area contributed by atoms with Crippen molar-refractivity contribution in [2.45, 2.75) is 59.0 Å². The number of amides is 1. The number of nitrogens with zero attached hydrogens (tertiary/aromatic N) is 3. The third kappa shape index (κ3) is 7.53. The van der Waals surface area contributed by atoms with Crippen LogP contribution in [0.15, 0.2) is 29.3 Å². The van der Waals surface area contributed by atoms with Crippen LogP contribution in [-0.2, 0) is 17.9 Å². The second kappa shape index (κ2) is 12.1. The van der Waals surface area contributed by atoms with E-state index < -0.39 is 0 Å². The molecule has 0 aliphatic carbocycles. The highest BCUT2D eigenvalue weighted by Crippen LogP contribution is 2.21. The quantitative estimate of drug-likeness (QED) is 0.518. The predicted octanol–water partition coefficient (Wildman–Crippen LogP) is 3.23. The minimum atomic E-state index is 0.150. The summed E-state index contributed by atoms with van der Waals surface area (Å²) < 4.78 is 0. The molecular weight excluding hydrogens is 386 g/mol. The minimum Gasteiger partial charge on any atom is -0.359 e. The van der Waals surface area contributed by atoms with Crippen molar-refractivity contribution in [3.05, 3.63) is 35.4 Å². The van der Waals surface area contributed by atoms with Gasteiger partial charge in [0, 0.05) is 39.6 Å². The van der Waals surface area contributed by atoms with Crippen molar-refractivity contribution >= 4 is 11.9 Å². The summed E-state index contributed by atoms with van der Waals surface area (Å²) in [4.78, 5) is 21.5.